The molecule has 2 saturated heterocycles. The minimum absolute atomic E-state index is 0.100. The van der Waals surface area contributed by atoms with Gasteiger partial charge in [-0.3, -0.25) is 9.59 Å². The second-order valence-electron chi connectivity index (χ2n) is 13.8. The highest BCUT2D eigenvalue weighted by Crippen LogP contribution is 2.26. The molecule has 0 aromatic rings. The monoisotopic (exact) mass is 798 g/mol. The summed E-state index contributed by atoms with van der Waals surface area (Å²) in [6.45, 7) is 2.15. The molecule has 15 heteroatoms. The number of aliphatic hydroxyl groups is 7. The summed E-state index contributed by atoms with van der Waals surface area (Å²) in [7, 11) is 0. The molecule has 0 radical (unpaired) electrons. The standard InChI is InChI=1S/C41H66O15/c1-3-5-7-9-11-12-13-14-15-16-18-20-22-24-33(44)54-29(26-51-32(43)23-21-19-17-10-8-6-4-2)27-52-40-39(50)37(48)35(46)31(56-40)28-53-41-38(49)36(47)34(45)30(25-42)55-41/h5-9,11-13,17,19,29-31,34-42,45-50H,3-4,10,14-16,18,20-28H2,1-2H3/b7-5+,8-6+,11-9+,13-12+,19-17+/t29?,30-,31-,34+,35+,36?,37?,38?,39?,40-,41-/m1/s1. The van der Waals surface area contributed by atoms with Gasteiger partial charge in [0.15, 0.2) is 18.7 Å². The molecule has 0 amide bonds. The van der Waals surface area contributed by atoms with Gasteiger partial charge in [-0.05, 0) is 44.9 Å². The Hall–Kier alpha value is -2.80. The van der Waals surface area contributed by atoms with Gasteiger partial charge in [-0.25, -0.2) is 0 Å². The molecule has 56 heavy (non-hydrogen) atoms. The van der Waals surface area contributed by atoms with Crippen LogP contribution in [-0.4, -0.2) is 142 Å². The van der Waals surface area contributed by atoms with Crippen LogP contribution in [0.1, 0.15) is 90.9 Å². The molecule has 2 fully saturated rings. The summed E-state index contributed by atoms with van der Waals surface area (Å²) in [5.41, 5.74) is 0. The maximum absolute atomic E-state index is 12.8. The number of unbranched alkanes of at least 4 members (excludes halogenated alkanes) is 5. The van der Waals surface area contributed by atoms with Crippen molar-refractivity contribution in [2.75, 3.05) is 26.4 Å². The lowest BCUT2D eigenvalue weighted by Gasteiger charge is -2.42. The molecular formula is C41H66O15. The summed E-state index contributed by atoms with van der Waals surface area (Å²) in [4.78, 5) is 25.3. The fourth-order valence-corrected chi connectivity index (χ4v) is 5.74. The van der Waals surface area contributed by atoms with Gasteiger partial charge >= 0.3 is 11.9 Å². The average molecular weight is 799 g/mol. The average Bonchev–Trinajstić information content (AvgIpc) is 3.19. The van der Waals surface area contributed by atoms with Gasteiger partial charge in [0.1, 0.15) is 55.4 Å². The van der Waals surface area contributed by atoms with E-state index >= 15 is 0 Å². The van der Waals surface area contributed by atoms with E-state index in [2.05, 4.69) is 19.1 Å². The van der Waals surface area contributed by atoms with Crippen LogP contribution in [0.5, 0.6) is 0 Å². The van der Waals surface area contributed by atoms with Gasteiger partial charge in [-0.15, -0.1) is 0 Å². The minimum atomic E-state index is -1.78. The summed E-state index contributed by atoms with van der Waals surface area (Å²) in [6, 6.07) is 0. The van der Waals surface area contributed by atoms with E-state index in [-0.39, 0.29) is 19.4 Å². The molecule has 320 valence electrons. The molecule has 0 aliphatic carbocycles. The third-order valence-electron chi connectivity index (χ3n) is 9.07. The topological polar surface area (TPSA) is 231 Å². The first kappa shape index (κ1) is 49.3. The van der Waals surface area contributed by atoms with Gasteiger partial charge in [0.05, 0.1) is 19.8 Å². The molecule has 2 aliphatic heterocycles. The Morgan fingerprint density at radius 2 is 1.20 bits per heavy atom. The number of carbonyl (C=O) groups excluding carboxylic acids is 2. The Morgan fingerprint density at radius 1 is 0.589 bits per heavy atom. The summed E-state index contributed by atoms with van der Waals surface area (Å²) < 4.78 is 33.1. The van der Waals surface area contributed by atoms with Crippen LogP contribution in [0.25, 0.3) is 0 Å². The molecule has 2 aliphatic rings. The van der Waals surface area contributed by atoms with Crippen molar-refractivity contribution in [1.29, 1.82) is 0 Å². The van der Waals surface area contributed by atoms with Crippen molar-refractivity contribution >= 4 is 11.9 Å². The van der Waals surface area contributed by atoms with Gasteiger partial charge in [0, 0.05) is 12.8 Å². The molecular weight excluding hydrogens is 732 g/mol. The fraction of sp³-hybridized carbons (Fsp3) is 0.707. The third-order valence-corrected chi connectivity index (χ3v) is 9.07. The Kier molecular flexibility index (Phi) is 25.9. The molecule has 2 heterocycles. The first-order valence-electron chi connectivity index (χ1n) is 19.9. The predicted molar refractivity (Wildman–Crippen MR) is 206 cm³/mol. The lowest BCUT2D eigenvalue weighted by atomic mass is 9.98. The molecule has 0 spiro atoms. The van der Waals surface area contributed by atoms with E-state index in [0.29, 0.717) is 12.8 Å². The van der Waals surface area contributed by atoms with Crippen molar-refractivity contribution in [2.24, 2.45) is 0 Å². The van der Waals surface area contributed by atoms with E-state index < -0.39 is 99.3 Å². The highest BCUT2D eigenvalue weighted by molar-refractivity contribution is 5.70. The summed E-state index contributed by atoms with van der Waals surface area (Å²) >= 11 is 0. The highest BCUT2D eigenvalue weighted by atomic mass is 16.7. The Balaban J connectivity index is 1.92. The first-order chi connectivity index (χ1) is 27.0. The number of esters is 2. The fourth-order valence-electron chi connectivity index (χ4n) is 5.74. The molecule has 2 rings (SSSR count). The van der Waals surface area contributed by atoms with Crippen LogP contribution in [0.2, 0.25) is 0 Å². The molecule has 0 saturated carbocycles. The molecule has 15 nitrogen and oxygen atoms in total. The van der Waals surface area contributed by atoms with Gasteiger partial charge in [-0.2, -0.15) is 0 Å². The largest absolute Gasteiger partial charge is 0.462 e. The van der Waals surface area contributed by atoms with E-state index in [1.807, 2.05) is 55.5 Å². The number of aliphatic hydroxyl groups excluding tert-OH is 7. The van der Waals surface area contributed by atoms with E-state index in [4.69, 9.17) is 28.4 Å². The lowest BCUT2D eigenvalue weighted by molar-refractivity contribution is -0.332. The Labute approximate surface area is 330 Å². The maximum Gasteiger partial charge on any atom is 0.306 e. The minimum Gasteiger partial charge on any atom is -0.462 e. The van der Waals surface area contributed by atoms with Gasteiger partial charge in [0.25, 0.3) is 0 Å². The predicted octanol–water partition coefficient (Wildman–Crippen LogP) is 2.58. The second kappa shape index (κ2) is 29.4. The van der Waals surface area contributed by atoms with E-state index in [0.717, 1.165) is 51.4 Å². The van der Waals surface area contributed by atoms with Crippen LogP contribution in [-0.2, 0) is 38.0 Å². The van der Waals surface area contributed by atoms with Gasteiger partial charge in [0.2, 0.25) is 0 Å². The quantitative estimate of drug-likeness (QED) is 0.0274. The smallest absolute Gasteiger partial charge is 0.306 e. The van der Waals surface area contributed by atoms with E-state index in [9.17, 15) is 45.3 Å². The van der Waals surface area contributed by atoms with Crippen LogP contribution in [0.3, 0.4) is 0 Å². The number of allylic oxidation sites excluding steroid dienone is 10. The molecule has 7 N–H and O–H groups in total. The van der Waals surface area contributed by atoms with Crippen molar-refractivity contribution in [1.82, 2.24) is 0 Å². The van der Waals surface area contributed by atoms with Crippen molar-refractivity contribution in [3.05, 3.63) is 60.8 Å². The van der Waals surface area contributed by atoms with Crippen LogP contribution in [0, 0.1) is 0 Å². The van der Waals surface area contributed by atoms with Crippen LogP contribution >= 0.6 is 0 Å². The van der Waals surface area contributed by atoms with Crippen LogP contribution in [0.15, 0.2) is 60.8 Å². The van der Waals surface area contributed by atoms with Crippen molar-refractivity contribution < 1.29 is 73.8 Å². The van der Waals surface area contributed by atoms with Crippen molar-refractivity contribution in [3.63, 3.8) is 0 Å². The zero-order valence-electron chi connectivity index (χ0n) is 32.8. The normalized spacial score (nSPS) is 29.3. The van der Waals surface area contributed by atoms with Crippen molar-refractivity contribution in [2.45, 2.75) is 158 Å². The van der Waals surface area contributed by atoms with Gasteiger partial charge in [-0.1, -0.05) is 93.9 Å². The lowest BCUT2D eigenvalue weighted by Crippen LogP contribution is -2.61. The number of hydrogen-bond acceptors (Lipinski definition) is 15. The summed E-state index contributed by atoms with van der Waals surface area (Å²) in [5.74, 6) is -1.05. The third kappa shape index (κ3) is 19.1. The molecule has 0 aromatic heterocycles. The van der Waals surface area contributed by atoms with Crippen LogP contribution in [0.4, 0.5) is 0 Å². The van der Waals surface area contributed by atoms with E-state index in [1.165, 1.54) is 0 Å². The Bertz CT molecular complexity index is 1220. The SMILES string of the molecule is CC/C=C/C=C/C=C/CCCCCCCC(=O)OC(COC(=O)CC/C=C/C/C=C/CC)CO[C@@H]1O[C@H](CO[C@@H]2O[C@H](CO)[C@H](O)C(O)C2O)[C@H](O)C(O)C1O. The highest BCUT2D eigenvalue weighted by Gasteiger charge is 2.47. The zero-order chi connectivity index (χ0) is 41.1. The summed E-state index contributed by atoms with van der Waals surface area (Å²) in [5, 5.41) is 71.5. The van der Waals surface area contributed by atoms with Crippen LogP contribution < -0.4 is 0 Å². The van der Waals surface area contributed by atoms with Gasteiger partial charge < -0.3 is 64.2 Å². The zero-order valence-corrected chi connectivity index (χ0v) is 32.8. The number of rotatable bonds is 27. The molecule has 0 bridgehead atoms. The summed E-state index contributed by atoms with van der Waals surface area (Å²) in [6.07, 6.45) is 11.9. The number of hydrogen-bond donors (Lipinski definition) is 7. The molecule has 5 unspecified atom stereocenters. The number of carbonyl (C=O) groups is 2. The van der Waals surface area contributed by atoms with E-state index in [1.54, 1.807) is 0 Å². The second-order valence-corrected chi connectivity index (χ2v) is 13.8. The maximum atomic E-state index is 12.8. The Morgan fingerprint density at radius 3 is 1.89 bits per heavy atom. The van der Waals surface area contributed by atoms with Crippen molar-refractivity contribution in [3.8, 4) is 0 Å². The first-order valence-corrected chi connectivity index (χ1v) is 19.9. The molecule has 0 aromatic carbocycles. The molecule has 11 atom stereocenters. The number of ether oxygens (including phenoxy) is 6.